The number of carbonyl (C=O) groups is 1. The van der Waals surface area contributed by atoms with Crippen LogP contribution in [0.1, 0.15) is 52.9 Å². The van der Waals surface area contributed by atoms with Gasteiger partial charge in [-0.3, -0.25) is 4.79 Å². The molecule has 3 nitrogen and oxygen atoms in total. The topological polar surface area (TPSA) is 46.5 Å². The molecule has 0 fully saturated rings. The first kappa shape index (κ1) is 14.4. The molecule has 0 amide bonds. The van der Waals surface area contributed by atoms with Crippen LogP contribution in [0.2, 0.25) is 0 Å². The predicted molar refractivity (Wildman–Crippen MR) is 60.6 cm³/mol. The van der Waals surface area contributed by atoms with Crippen molar-refractivity contribution in [1.82, 2.24) is 0 Å². The van der Waals surface area contributed by atoms with E-state index < -0.39 is 0 Å². The maximum absolute atomic E-state index is 11.2. The SMILES string of the molecule is CCOC(=O)CC(CC)CCCC(C)O. The summed E-state index contributed by atoms with van der Waals surface area (Å²) in [6.07, 6.45) is 4.09. The van der Waals surface area contributed by atoms with Gasteiger partial charge in [-0.25, -0.2) is 0 Å². The summed E-state index contributed by atoms with van der Waals surface area (Å²) in [6.45, 7) is 6.17. The first-order valence-corrected chi connectivity index (χ1v) is 5.93. The minimum atomic E-state index is -0.231. The molecule has 0 aromatic rings. The van der Waals surface area contributed by atoms with Gasteiger partial charge >= 0.3 is 5.97 Å². The highest BCUT2D eigenvalue weighted by Gasteiger charge is 2.12. The average Bonchev–Trinajstić information content (AvgIpc) is 2.16. The fourth-order valence-electron chi connectivity index (χ4n) is 1.61. The third-order valence-corrected chi connectivity index (χ3v) is 2.57. The van der Waals surface area contributed by atoms with Gasteiger partial charge in [-0.05, 0) is 32.6 Å². The number of esters is 1. The third-order valence-electron chi connectivity index (χ3n) is 2.57. The fourth-order valence-corrected chi connectivity index (χ4v) is 1.61. The van der Waals surface area contributed by atoms with Crippen LogP contribution in [0.15, 0.2) is 0 Å². The Morgan fingerprint density at radius 2 is 2.00 bits per heavy atom. The second-order valence-electron chi connectivity index (χ2n) is 4.06. The molecule has 0 saturated carbocycles. The Bertz CT molecular complexity index is 166. The van der Waals surface area contributed by atoms with Crippen LogP contribution in [0.25, 0.3) is 0 Å². The maximum Gasteiger partial charge on any atom is 0.306 e. The Kier molecular flexibility index (Phi) is 8.38. The Hall–Kier alpha value is -0.570. The number of hydrogen-bond donors (Lipinski definition) is 1. The molecule has 2 unspecified atom stereocenters. The first-order valence-electron chi connectivity index (χ1n) is 5.93. The Labute approximate surface area is 92.8 Å². The van der Waals surface area contributed by atoms with Gasteiger partial charge in [-0.1, -0.05) is 19.8 Å². The molecular formula is C12H24O3. The predicted octanol–water partition coefficient (Wildman–Crippen LogP) is 2.52. The van der Waals surface area contributed by atoms with Gasteiger partial charge in [0.15, 0.2) is 0 Å². The molecule has 0 aromatic carbocycles. The molecule has 0 rings (SSSR count). The highest BCUT2D eigenvalue weighted by Crippen LogP contribution is 2.17. The number of hydrogen-bond acceptors (Lipinski definition) is 3. The molecule has 0 saturated heterocycles. The number of carbonyl (C=O) groups excluding carboxylic acids is 1. The summed E-state index contributed by atoms with van der Waals surface area (Å²) in [5.41, 5.74) is 0. The van der Waals surface area contributed by atoms with Crippen LogP contribution in [0.3, 0.4) is 0 Å². The van der Waals surface area contributed by atoms with E-state index in [9.17, 15) is 4.79 Å². The van der Waals surface area contributed by atoms with Gasteiger partial charge in [0.05, 0.1) is 12.7 Å². The van der Waals surface area contributed by atoms with Crippen LogP contribution in [-0.4, -0.2) is 23.8 Å². The van der Waals surface area contributed by atoms with Crippen molar-refractivity contribution >= 4 is 5.97 Å². The number of aliphatic hydroxyl groups is 1. The smallest absolute Gasteiger partial charge is 0.306 e. The minimum Gasteiger partial charge on any atom is -0.466 e. The van der Waals surface area contributed by atoms with Crippen molar-refractivity contribution in [3.05, 3.63) is 0 Å². The molecule has 0 bridgehead atoms. The lowest BCUT2D eigenvalue weighted by atomic mass is 9.95. The molecular weight excluding hydrogens is 192 g/mol. The second kappa shape index (κ2) is 8.72. The van der Waals surface area contributed by atoms with Crippen LogP contribution < -0.4 is 0 Å². The summed E-state index contributed by atoms with van der Waals surface area (Å²) < 4.78 is 4.91. The van der Waals surface area contributed by atoms with Crippen LogP contribution >= 0.6 is 0 Å². The standard InChI is InChI=1S/C12H24O3/c1-4-11(8-6-7-10(3)13)9-12(14)15-5-2/h10-11,13H,4-9H2,1-3H3. The van der Waals surface area contributed by atoms with Crippen LogP contribution in [0.5, 0.6) is 0 Å². The van der Waals surface area contributed by atoms with Gasteiger partial charge in [0.2, 0.25) is 0 Å². The number of aliphatic hydroxyl groups excluding tert-OH is 1. The summed E-state index contributed by atoms with van der Waals surface area (Å²) in [4.78, 5) is 11.2. The molecule has 15 heavy (non-hydrogen) atoms. The average molecular weight is 216 g/mol. The normalized spacial score (nSPS) is 14.7. The van der Waals surface area contributed by atoms with Gasteiger partial charge in [0, 0.05) is 6.42 Å². The van der Waals surface area contributed by atoms with E-state index in [2.05, 4.69) is 6.92 Å². The Morgan fingerprint density at radius 3 is 2.47 bits per heavy atom. The molecule has 0 aliphatic rings. The summed E-state index contributed by atoms with van der Waals surface area (Å²) in [5.74, 6) is 0.309. The molecule has 0 aliphatic carbocycles. The van der Waals surface area contributed by atoms with Gasteiger partial charge in [-0.2, -0.15) is 0 Å². The summed E-state index contributed by atoms with van der Waals surface area (Å²) >= 11 is 0. The molecule has 0 spiro atoms. The van der Waals surface area contributed by atoms with E-state index in [-0.39, 0.29) is 12.1 Å². The Morgan fingerprint density at radius 1 is 1.33 bits per heavy atom. The lowest BCUT2D eigenvalue weighted by Crippen LogP contribution is -2.11. The van der Waals surface area contributed by atoms with E-state index in [1.807, 2.05) is 6.92 Å². The van der Waals surface area contributed by atoms with Gasteiger partial charge in [0.1, 0.15) is 0 Å². The van der Waals surface area contributed by atoms with Crippen molar-refractivity contribution in [3.8, 4) is 0 Å². The zero-order chi connectivity index (χ0) is 11.7. The lowest BCUT2D eigenvalue weighted by molar-refractivity contribution is -0.144. The first-order chi connectivity index (χ1) is 7.10. The lowest BCUT2D eigenvalue weighted by Gasteiger charge is -2.14. The molecule has 3 heteroatoms. The highest BCUT2D eigenvalue weighted by molar-refractivity contribution is 5.69. The van der Waals surface area contributed by atoms with Crippen LogP contribution in [0.4, 0.5) is 0 Å². The maximum atomic E-state index is 11.2. The monoisotopic (exact) mass is 216 g/mol. The summed E-state index contributed by atoms with van der Waals surface area (Å²) in [5, 5.41) is 9.11. The minimum absolute atomic E-state index is 0.0959. The van der Waals surface area contributed by atoms with Crippen molar-refractivity contribution in [2.24, 2.45) is 5.92 Å². The molecule has 2 atom stereocenters. The van der Waals surface area contributed by atoms with E-state index in [4.69, 9.17) is 9.84 Å². The molecule has 1 N–H and O–H groups in total. The largest absolute Gasteiger partial charge is 0.466 e. The number of rotatable bonds is 8. The zero-order valence-electron chi connectivity index (χ0n) is 10.2. The highest BCUT2D eigenvalue weighted by atomic mass is 16.5. The van der Waals surface area contributed by atoms with Crippen LogP contribution in [0, 0.1) is 5.92 Å². The molecule has 0 aromatic heterocycles. The van der Waals surface area contributed by atoms with Crippen molar-refractivity contribution in [3.63, 3.8) is 0 Å². The third kappa shape index (κ3) is 8.43. The van der Waals surface area contributed by atoms with Crippen molar-refractivity contribution in [2.75, 3.05) is 6.61 Å². The van der Waals surface area contributed by atoms with Crippen molar-refractivity contribution in [2.45, 2.75) is 59.0 Å². The quantitative estimate of drug-likeness (QED) is 0.634. The van der Waals surface area contributed by atoms with E-state index in [0.717, 1.165) is 25.7 Å². The fraction of sp³-hybridized carbons (Fsp3) is 0.917. The van der Waals surface area contributed by atoms with Crippen molar-refractivity contribution in [1.29, 1.82) is 0 Å². The van der Waals surface area contributed by atoms with E-state index in [0.29, 0.717) is 18.9 Å². The summed E-state index contributed by atoms with van der Waals surface area (Å²) in [7, 11) is 0. The van der Waals surface area contributed by atoms with Gasteiger partial charge in [-0.15, -0.1) is 0 Å². The van der Waals surface area contributed by atoms with Crippen molar-refractivity contribution < 1.29 is 14.6 Å². The number of ether oxygens (including phenoxy) is 1. The molecule has 90 valence electrons. The Balaban J connectivity index is 3.67. The zero-order valence-corrected chi connectivity index (χ0v) is 10.2. The van der Waals surface area contributed by atoms with Gasteiger partial charge in [0.25, 0.3) is 0 Å². The van der Waals surface area contributed by atoms with E-state index in [1.54, 1.807) is 6.92 Å². The molecule has 0 aliphatic heterocycles. The van der Waals surface area contributed by atoms with E-state index in [1.165, 1.54) is 0 Å². The second-order valence-corrected chi connectivity index (χ2v) is 4.06. The molecule has 0 heterocycles. The summed E-state index contributed by atoms with van der Waals surface area (Å²) in [6, 6.07) is 0. The van der Waals surface area contributed by atoms with E-state index >= 15 is 0 Å². The van der Waals surface area contributed by atoms with Gasteiger partial charge < -0.3 is 9.84 Å². The molecule has 0 radical (unpaired) electrons. The van der Waals surface area contributed by atoms with Crippen LogP contribution in [-0.2, 0) is 9.53 Å².